The number of piperidine rings is 1. The number of nitrogens with zero attached hydrogens (tertiary/aromatic N) is 5. The van der Waals surface area contributed by atoms with Gasteiger partial charge in [0, 0.05) is 58.4 Å². The van der Waals surface area contributed by atoms with Crippen molar-refractivity contribution >= 4 is 46.5 Å². The average molecular weight is 511 g/mol. The number of likely N-dealkylation sites (N-methyl/N-ethyl adjacent to an activating group) is 1. The quantitative estimate of drug-likeness (QED) is 0.532. The fourth-order valence-electron chi connectivity index (χ4n) is 4.90. The Hall–Kier alpha value is -4.62. The Labute approximate surface area is 220 Å². The summed E-state index contributed by atoms with van der Waals surface area (Å²) in [6.45, 7) is 0.586. The third-order valence-electron chi connectivity index (χ3n) is 7.10. The van der Waals surface area contributed by atoms with Gasteiger partial charge in [-0.25, -0.2) is 14.6 Å². The summed E-state index contributed by atoms with van der Waals surface area (Å²) in [6, 6.07) is 11.3. The first-order chi connectivity index (χ1) is 18.3. The number of amides is 3. The molecule has 3 aromatic rings. The maximum Gasteiger partial charge on any atom is 0.429 e. The molecule has 1 atom stereocenters. The Morgan fingerprint density at radius 2 is 1.97 bits per heavy atom. The second kappa shape index (κ2) is 10.0. The zero-order valence-electron chi connectivity index (χ0n) is 21.9. The maximum absolute atomic E-state index is 13.1. The van der Waals surface area contributed by atoms with E-state index >= 15 is 0 Å². The molecule has 5 rings (SSSR count). The fraction of sp³-hybridized carbons (Fsp3) is 0.276. The summed E-state index contributed by atoms with van der Waals surface area (Å²) in [4.78, 5) is 44.1. The van der Waals surface area contributed by atoms with Crippen molar-refractivity contribution in [2.24, 2.45) is 7.05 Å². The molecule has 0 aliphatic carbocycles. The Morgan fingerprint density at radius 1 is 1.21 bits per heavy atom. The van der Waals surface area contributed by atoms with Gasteiger partial charge >= 0.3 is 11.8 Å². The minimum absolute atomic E-state index is 0.0394. The molecule has 1 saturated heterocycles. The SMILES string of the molecule is CNC1=CC(=O)[N+](c2ccnc3c2cc(C=[N+]2CCC(c4ccc(C(=O)N(C)C)cc4)CC2=O)n3C)=C=C1. The first-order valence-corrected chi connectivity index (χ1v) is 12.5. The predicted molar refractivity (Wildman–Crippen MR) is 144 cm³/mol. The molecule has 1 aromatic carbocycles. The lowest BCUT2D eigenvalue weighted by atomic mass is 9.89. The van der Waals surface area contributed by atoms with Crippen LogP contribution in [0, 0.1) is 0 Å². The molecular weight excluding hydrogens is 480 g/mol. The molecule has 38 heavy (non-hydrogen) atoms. The number of carbonyl (C=O) groups is 3. The summed E-state index contributed by atoms with van der Waals surface area (Å²) in [5, 5.41) is 3.75. The van der Waals surface area contributed by atoms with Crippen LogP contribution in [-0.2, 0) is 16.6 Å². The number of rotatable bonds is 5. The van der Waals surface area contributed by atoms with E-state index in [2.05, 4.69) is 16.2 Å². The van der Waals surface area contributed by atoms with E-state index in [0.717, 1.165) is 23.1 Å². The monoisotopic (exact) mass is 510 g/mol. The molecular formula is C29H30N6O3+2. The third-order valence-corrected chi connectivity index (χ3v) is 7.10. The van der Waals surface area contributed by atoms with Crippen LogP contribution in [-0.4, -0.2) is 81.1 Å². The van der Waals surface area contributed by atoms with Gasteiger partial charge in [0.05, 0.1) is 29.7 Å². The topological polar surface area (TPSA) is 90.3 Å². The van der Waals surface area contributed by atoms with Crippen molar-refractivity contribution in [2.75, 3.05) is 27.7 Å². The molecule has 192 valence electrons. The van der Waals surface area contributed by atoms with Crippen molar-refractivity contribution in [1.82, 2.24) is 19.8 Å². The number of aromatic nitrogens is 2. The van der Waals surface area contributed by atoms with Gasteiger partial charge in [-0.1, -0.05) is 16.7 Å². The van der Waals surface area contributed by atoms with E-state index in [0.29, 0.717) is 35.6 Å². The van der Waals surface area contributed by atoms with Crippen LogP contribution in [0.15, 0.2) is 60.4 Å². The highest BCUT2D eigenvalue weighted by molar-refractivity contribution is 5.97. The normalized spacial score (nSPS) is 18.5. The number of benzene rings is 1. The van der Waals surface area contributed by atoms with Gasteiger partial charge in [0.1, 0.15) is 11.3 Å². The smallest absolute Gasteiger partial charge is 0.387 e. The van der Waals surface area contributed by atoms with Crippen molar-refractivity contribution in [3.63, 3.8) is 0 Å². The standard InChI is InChI=1S/C29H29N6O3/c1-30-22-11-14-35(27(37)16-22)25-9-12-31-28-24(25)17-23(33(28)4)18-34-13-10-21(15-26(34)36)19-5-7-20(8-6-19)29(38)32(2)3/h5-9,11-12,16-18,21H,10,13,15H2,1-4H3/q+1/p+1. The van der Waals surface area contributed by atoms with Crippen LogP contribution in [0.4, 0.5) is 5.69 Å². The van der Waals surface area contributed by atoms with Crippen molar-refractivity contribution in [3.8, 4) is 0 Å². The van der Waals surface area contributed by atoms with Crippen molar-refractivity contribution in [1.29, 1.82) is 0 Å². The summed E-state index contributed by atoms with van der Waals surface area (Å²) in [6.07, 6.45) is 7.99. The highest BCUT2D eigenvalue weighted by atomic mass is 16.2. The summed E-state index contributed by atoms with van der Waals surface area (Å²) in [5.41, 5.74) is 4.60. The molecule has 3 amide bonds. The van der Waals surface area contributed by atoms with Gasteiger partial charge in [-0.3, -0.25) is 4.79 Å². The second-order valence-electron chi connectivity index (χ2n) is 9.72. The van der Waals surface area contributed by atoms with E-state index in [4.69, 9.17) is 0 Å². The molecule has 0 bridgehead atoms. The van der Waals surface area contributed by atoms with Crippen LogP contribution < -0.4 is 5.32 Å². The van der Waals surface area contributed by atoms with Crippen molar-refractivity contribution < 1.29 is 23.5 Å². The number of fused-ring (bicyclic) bond motifs is 1. The van der Waals surface area contributed by atoms with Crippen LogP contribution in [0.1, 0.15) is 40.4 Å². The number of hydrogen-bond acceptors (Lipinski definition) is 5. The molecule has 1 unspecified atom stereocenters. The molecule has 2 aromatic heterocycles. The van der Waals surface area contributed by atoms with Gasteiger partial charge in [-0.05, 0) is 23.8 Å². The van der Waals surface area contributed by atoms with Gasteiger partial charge in [0.25, 0.3) is 5.91 Å². The molecule has 9 nitrogen and oxygen atoms in total. The van der Waals surface area contributed by atoms with Gasteiger partial charge < -0.3 is 14.8 Å². The molecule has 1 fully saturated rings. The fourth-order valence-corrected chi connectivity index (χ4v) is 4.90. The summed E-state index contributed by atoms with van der Waals surface area (Å²) in [5.74, 6) is 2.94. The Morgan fingerprint density at radius 3 is 2.63 bits per heavy atom. The molecule has 9 heteroatoms. The zero-order chi connectivity index (χ0) is 27.0. The Kier molecular flexibility index (Phi) is 6.61. The molecule has 1 N–H and O–H groups in total. The highest BCUT2D eigenvalue weighted by Crippen LogP contribution is 2.29. The van der Waals surface area contributed by atoms with E-state index in [1.165, 1.54) is 10.7 Å². The molecule has 0 radical (unpaired) electrons. The lowest BCUT2D eigenvalue weighted by molar-refractivity contribution is -0.453. The first-order valence-electron chi connectivity index (χ1n) is 12.5. The minimum Gasteiger partial charge on any atom is -0.387 e. The minimum atomic E-state index is -0.199. The number of pyridine rings is 1. The lowest BCUT2D eigenvalue weighted by Gasteiger charge is -2.19. The summed E-state index contributed by atoms with van der Waals surface area (Å²) < 4.78 is 5.16. The largest absolute Gasteiger partial charge is 0.429 e. The van der Waals surface area contributed by atoms with Crippen molar-refractivity contribution in [2.45, 2.75) is 18.8 Å². The molecule has 0 saturated carbocycles. The molecule has 2 aliphatic rings. The number of aryl methyl sites for hydroxylation is 1. The van der Waals surface area contributed by atoms with Gasteiger partial charge in [-0.2, -0.15) is 4.58 Å². The average Bonchev–Trinajstić information content (AvgIpc) is 3.24. The molecule has 2 aliphatic heterocycles. The van der Waals surface area contributed by atoms with E-state index in [-0.39, 0.29) is 23.6 Å². The van der Waals surface area contributed by atoms with Crippen molar-refractivity contribution in [3.05, 3.63) is 77.3 Å². The number of carbonyl (C=O) groups excluding carboxylic acids is 3. The van der Waals surface area contributed by atoms with Crippen LogP contribution >= 0.6 is 0 Å². The van der Waals surface area contributed by atoms with E-state index < -0.39 is 0 Å². The predicted octanol–water partition coefficient (Wildman–Crippen LogP) is 2.32. The molecule has 4 heterocycles. The molecule has 0 spiro atoms. The second-order valence-corrected chi connectivity index (χ2v) is 9.72. The van der Waals surface area contributed by atoms with Crippen LogP contribution in [0.3, 0.4) is 0 Å². The third kappa shape index (κ3) is 4.60. The highest BCUT2D eigenvalue weighted by Gasteiger charge is 2.32. The van der Waals surface area contributed by atoms with E-state index in [1.54, 1.807) is 49.0 Å². The lowest BCUT2D eigenvalue weighted by Crippen LogP contribution is -2.32. The zero-order valence-corrected chi connectivity index (χ0v) is 21.9. The summed E-state index contributed by atoms with van der Waals surface area (Å²) in [7, 11) is 7.11. The number of nitrogens with one attached hydrogen (secondary N) is 1. The van der Waals surface area contributed by atoms with Crippen LogP contribution in [0.2, 0.25) is 0 Å². The maximum atomic E-state index is 13.1. The van der Waals surface area contributed by atoms with Gasteiger partial charge in [0.2, 0.25) is 5.69 Å². The van der Waals surface area contributed by atoms with Crippen LogP contribution in [0.25, 0.3) is 11.0 Å². The van der Waals surface area contributed by atoms with E-state index in [9.17, 15) is 14.4 Å². The van der Waals surface area contributed by atoms with Gasteiger partial charge in [-0.15, -0.1) is 0 Å². The first kappa shape index (κ1) is 25.0. The van der Waals surface area contributed by atoms with Gasteiger partial charge in [0.15, 0.2) is 18.6 Å². The summed E-state index contributed by atoms with van der Waals surface area (Å²) >= 11 is 0. The van der Waals surface area contributed by atoms with E-state index in [1.807, 2.05) is 48.2 Å². The Bertz CT molecular complexity index is 1600. The number of hydrogen-bond donors (Lipinski definition) is 1. The number of allylic oxidation sites excluding steroid dienone is 1. The van der Waals surface area contributed by atoms with Crippen LogP contribution in [0.5, 0.6) is 0 Å². The Balaban J connectivity index is 1.39.